The van der Waals surface area contributed by atoms with Crippen LogP contribution in [0.3, 0.4) is 0 Å². The molecule has 0 bridgehead atoms. The summed E-state index contributed by atoms with van der Waals surface area (Å²) < 4.78 is 24.3. The van der Waals surface area contributed by atoms with E-state index in [-0.39, 0.29) is 31.2 Å². The van der Waals surface area contributed by atoms with Gasteiger partial charge in [0.05, 0.1) is 11.5 Å². The van der Waals surface area contributed by atoms with Gasteiger partial charge in [0.15, 0.2) is 6.79 Å². The highest BCUT2D eigenvalue weighted by molar-refractivity contribution is 7.98. The number of amides is 1. The molecule has 0 radical (unpaired) electrons. The summed E-state index contributed by atoms with van der Waals surface area (Å²) in [4.78, 5) is 23.8. The van der Waals surface area contributed by atoms with Crippen LogP contribution in [0.25, 0.3) is 0 Å². The van der Waals surface area contributed by atoms with Crippen LogP contribution in [0.15, 0.2) is 35.2 Å². The molecule has 27 heavy (non-hydrogen) atoms. The van der Waals surface area contributed by atoms with Gasteiger partial charge >= 0.3 is 0 Å². The number of thioether (sulfide) groups is 1. The normalized spacial score (nSPS) is 12.8. The molecule has 9 heteroatoms. The van der Waals surface area contributed by atoms with Crippen molar-refractivity contribution in [3.05, 3.63) is 63.0 Å². The summed E-state index contributed by atoms with van der Waals surface area (Å²) >= 11 is 1.39. The molecule has 0 spiro atoms. The van der Waals surface area contributed by atoms with E-state index < -0.39 is 16.6 Å². The van der Waals surface area contributed by atoms with Gasteiger partial charge in [-0.2, -0.15) is 0 Å². The number of fused-ring (bicyclic) bond motifs is 1. The molecular weight excluding hydrogens is 375 g/mol. The Kier molecular flexibility index (Phi) is 5.92. The highest BCUT2D eigenvalue weighted by atomic mass is 32.2. The van der Waals surface area contributed by atoms with E-state index >= 15 is 0 Å². The van der Waals surface area contributed by atoms with Gasteiger partial charge in [-0.3, -0.25) is 14.9 Å². The third-order valence-corrected chi connectivity index (χ3v) is 4.80. The maximum absolute atomic E-state index is 13.8. The number of nitro benzene ring substituents is 1. The molecule has 2 aromatic rings. The van der Waals surface area contributed by atoms with Crippen molar-refractivity contribution in [3.8, 4) is 5.75 Å². The quantitative estimate of drug-likeness (QED) is 0.461. The van der Waals surface area contributed by atoms with E-state index in [1.165, 1.54) is 36.0 Å². The first-order valence-electron chi connectivity index (χ1n) is 8.12. The smallest absolute Gasteiger partial charge is 0.282 e. The van der Waals surface area contributed by atoms with Crippen molar-refractivity contribution in [2.24, 2.45) is 0 Å². The molecule has 0 aromatic heterocycles. The Labute approximate surface area is 159 Å². The summed E-state index contributed by atoms with van der Waals surface area (Å²) in [5.74, 6) is -0.396. The number of rotatable bonds is 6. The van der Waals surface area contributed by atoms with Crippen molar-refractivity contribution in [2.45, 2.75) is 17.9 Å². The molecule has 1 N–H and O–H groups in total. The number of hydrogen-bond acceptors (Lipinski definition) is 6. The van der Waals surface area contributed by atoms with Gasteiger partial charge in [0.1, 0.15) is 17.1 Å². The molecule has 1 aliphatic heterocycles. The molecular formula is C18H17FN2O5S. The van der Waals surface area contributed by atoms with E-state index in [9.17, 15) is 19.3 Å². The minimum Gasteiger partial charge on any atom is -0.467 e. The van der Waals surface area contributed by atoms with E-state index in [2.05, 4.69) is 5.32 Å². The van der Waals surface area contributed by atoms with Crippen LogP contribution < -0.4 is 10.1 Å². The van der Waals surface area contributed by atoms with Gasteiger partial charge in [0, 0.05) is 23.1 Å². The van der Waals surface area contributed by atoms with E-state index in [1.54, 1.807) is 6.07 Å². The van der Waals surface area contributed by atoms with Crippen LogP contribution in [0.1, 0.15) is 21.5 Å². The number of nitro groups is 1. The lowest BCUT2D eigenvalue weighted by atomic mass is 10.1. The van der Waals surface area contributed by atoms with Gasteiger partial charge in [-0.25, -0.2) is 4.39 Å². The summed E-state index contributed by atoms with van der Waals surface area (Å²) in [5, 5.41) is 13.8. The van der Waals surface area contributed by atoms with E-state index in [1.807, 2.05) is 6.26 Å². The van der Waals surface area contributed by atoms with Crippen molar-refractivity contribution < 1.29 is 23.6 Å². The monoisotopic (exact) mass is 392 g/mol. The lowest BCUT2D eigenvalue weighted by Gasteiger charge is -2.21. The molecule has 1 aliphatic rings. The second-order valence-corrected chi connectivity index (χ2v) is 6.69. The largest absolute Gasteiger partial charge is 0.467 e. The summed E-state index contributed by atoms with van der Waals surface area (Å²) in [6, 6.07) is 7.11. The molecule has 0 unspecified atom stereocenters. The Morgan fingerprint density at radius 3 is 2.93 bits per heavy atom. The van der Waals surface area contributed by atoms with Gasteiger partial charge in [0.2, 0.25) is 0 Å². The van der Waals surface area contributed by atoms with Crippen LogP contribution in [0.4, 0.5) is 10.1 Å². The van der Waals surface area contributed by atoms with Gasteiger partial charge in [-0.15, -0.1) is 11.8 Å². The van der Waals surface area contributed by atoms with Crippen LogP contribution >= 0.6 is 11.8 Å². The average molecular weight is 392 g/mol. The first kappa shape index (κ1) is 19.1. The molecule has 0 saturated carbocycles. The predicted octanol–water partition coefficient (Wildman–Crippen LogP) is 3.29. The van der Waals surface area contributed by atoms with Crippen LogP contribution in [0.5, 0.6) is 5.75 Å². The van der Waals surface area contributed by atoms with Gasteiger partial charge in [-0.05, 0) is 42.5 Å². The third-order valence-electron chi connectivity index (χ3n) is 4.08. The number of hydrogen-bond donors (Lipinski definition) is 1. The zero-order chi connectivity index (χ0) is 19.4. The topological polar surface area (TPSA) is 90.7 Å². The molecule has 2 aromatic carbocycles. The predicted molar refractivity (Wildman–Crippen MR) is 97.6 cm³/mol. The SMILES string of the molecule is CSc1ccc([N+](=O)[O-])c(C(=O)NCCc2cc(F)cc3c2OCOC3)c1. The molecule has 0 saturated heterocycles. The summed E-state index contributed by atoms with van der Waals surface area (Å²) in [6.45, 7) is 0.533. The van der Waals surface area contributed by atoms with Gasteiger partial charge in [0.25, 0.3) is 11.6 Å². The number of nitrogens with zero attached hydrogens (tertiary/aromatic N) is 1. The fourth-order valence-electron chi connectivity index (χ4n) is 2.83. The van der Waals surface area contributed by atoms with E-state index in [0.717, 1.165) is 4.90 Å². The van der Waals surface area contributed by atoms with Crippen molar-refractivity contribution >= 4 is 23.4 Å². The third kappa shape index (κ3) is 4.37. The van der Waals surface area contributed by atoms with Crippen molar-refractivity contribution in [3.63, 3.8) is 0 Å². The molecule has 142 valence electrons. The first-order chi connectivity index (χ1) is 13.0. The minimum absolute atomic E-state index is 0.00206. The molecule has 3 rings (SSSR count). The van der Waals surface area contributed by atoms with E-state index in [0.29, 0.717) is 23.3 Å². The zero-order valence-electron chi connectivity index (χ0n) is 14.5. The highest BCUT2D eigenvalue weighted by Crippen LogP contribution is 2.30. The Morgan fingerprint density at radius 1 is 1.37 bits per heavy atom. The second-order valence-electron chi connectivity index (χ2n) is 5.81. The first-order valence-corrected chi connectivity index (χ1v) is 9.34. The van der Waals surface area contributed by atoms with Gasteiger partial charge < -0.3 is 14.8 Å². The van der Waals surface area contributed by atoms with Crippen LogP contribution in [0, 0.1) is 15.9 Å². The number of carbonyl (C=O) groups is 1. The Morgan fingerprint density at radius 2 is 2.19 bits per heavy atom. The number of carbonyl (C=O) groups excluding carboxylic acids is 1. The van der Waals surface area contributed by atoms with Crippen LogP contribution in [-0.4, -0.2) is 30.4 Å². The average Bonchev–Trinajstić information content (AvgIpc) is 2.67. The van der Waals surface area contributed by atoms with Crippen molar-refractivity contribution in [1.82, 2.24) is 5.32 Å². The molecule has 1 heterocycles. The Balaban J connectivity index is 1.72. The van der Waals surface area contributed by atoms with E-state index in [4.69, 9.17) is 9.47 Å². The molecule has 0 fully saturated rings. The maximum atomic E-state index is 13.8. The number of halogens is 1. The Hall–Kier alpha value is -2.65. The van der Waals surface area contributed by atoms with Crippen molar-refractivity contribution in [2.75, 3.05) is 19.6 Å². The summed E-state index contributed by atoms with van der Waals surface area (Å²) in [7, 11) is 0. The lowest BCUT2D eigenvalue weighted by Crippen LogP contribution is -2.27. The fraction of sp³-hybridized carbons (Fsp3) is 0.278. The van der Waals surface area contributed by atoms with Crippen molar-refractivity contribution in [1.29, 1.82) is 0 Å². The Bertz CT molecular complexity index is 890. The minimum atomic E-state index is -0.587. The molecule has 0 aliphatic carbocycles. The molecule has 1 amide bonds. The maximum Gasteiger partial charge on any atom is 0.282 e. The molecule has 7 nitrogen and oxygen atoms in total. The number of benzene rings is 2. The summed E-state index contributed by atoms with van der Waals surface area (Å²) in [6.07, 6.45) is 2.14. The van der Waals surface area contributed by atoms with Crippen LogP contribution in [0.2, 0.25) is 0 Å². The number of ether oxygens (including phenoxy) is 2. The highest BCUT2D eigenvalue weighted by Gasteiger charge is 2.21. The fourth-order valence-corrected chi connectivity index (χ4v) is 3.27. The second kappa shape index (κ2) is 8.36. The summed E-state index contributed by atoms with van der Waals surface area (Å²) in [5.41, 5.74) is 0.971. The molecule has 0 atom stereocenters. The number of nitrogens with one attached hydrogen (secondary N) is 1. The zero-order valence-corrected chi connectivity index (χ0v) is 15.3. The lowest BCUT2D eigenvalue weighted by molar-refractivity contribution is -0.385. The van der Waals surface area contributed by atoms with Gasteiger partial charge in [-0.1, -0.05) is 0 Å². The van der Waals surface area contributed by atoms with Crippen LogP contribution in [-0.2, 0) is 17.8 Å². The standard InChI is InChI=1S/C18H17FN2O5S/c1-27-14-2-3-16(21(23)24)15(8-14)18(22)20-5-4-11-6-13(19)7-12-9-25-10-26-17(11)12/h2-3,6-8H,4-5,9-10H2,1H3,(H,20,22).